The summed E-state index contributed by atoms with van der Waals surface area (Å²) in [6.07, 6.45) is 3.97. The fourth-order valence-electron chi connectivity index (χ4n) is 1.94. The molecular formula is C13H20N2OS. The maximum Gasteiger partial charge on any atom is 0.223 e. The Morgan fingerprint density at radius 2 is 2.41 bits per heavy atom. The van der Waals surface area contributed by atoms with Crippen LogP contribution in [0.15, 0.2) is 17.5 Å². The van der Waals surface area contributed by atoms with E-state index in [0.717, 1.165) is 19.5 Å². The second kappa shape index (κ2) is 6.17. The van der Waals surface area contributed by atoms with E-state index in [-0.39, 0.29) is 0 Å². The number of amides is 1. The summed E-state index contributed by atoms with van der Waals surface area (Å²) in [5.74, 6) is 0.316. The Morgan fingerprint density at radius 3 is 3.00 bits per heavy atom. The van der Waals surface area contributed by atoms with Crippen LogP contribution in [0.2, 0.25) is 0 Å². The molecule has 1 heterocycles. The molecule has 1 aliphatic carbocycles. The number of hydrogen-bond donors (Lipinski definition) is 1. The van der Waals surface area contributed by atoms with E-state index in [1.54, 1.807) is 11.3 Å². The Bertz CT molecular complexity index is 346. The number of carbonyl (C=O) groups is 1. The molecule has 3 nitrogen and oxygen atoms in total. The van der Waals surface area contributed by atoms with Crippen LogP contribution in [0.3, 0.4) is 0 Å². The summed E-state index contributed by atoms with van der Waals surface area (Å²) in [5, 5.41) is 5.16. The van der Waals surface area contributed by atoms with Crippen LogP contribution in [0.1, 0.15) is 30.6 Å². The maximum absolute atomic E-state index is 12.1. The Hall–Kier alpha value is -0.870. The Kier molecular flexibility index (Phi) is 4.57. The first-order valence-corrected chi connectivity index (χ1v) is 7.15. The third-order valence-electron chi connectivity index (χ3n) is 3.03. The summed E-state index contributed by atoms with van der Waals surface area (Å²) in [6, 6.07) is 4.68. The maximum atomic E-state index is 12.1. The second-order valence-electron chi connectivity index (χ2n) is 4.54. The van der Waals surface area contributed by atoms with Crippen molar-refractivity contribution in [1.82, 2.24) is 10.2 Å². The van der Waals surface area contributed by atoms with Gasteiger partial charge in [0.15, 0.2) is 0 Å². The summed E-state index contributed by atoms with van der Waals surface area (Å²) in [6.45, 7) is 1.73. The van der Waals surface area contributed by atoms with E-state index < -0.39 is 0 Å². The molecule has 94 valence electrons. The van der Waals surface area contributed by atoms with Gasteiger partial charge in [-0.3, -0.25) is 4.79 Å². The van der Waals surface area contributed by atoms with Crippen LogP contribution in [0, 0.1) is 0 Å². The van der Waals surface area contributed by atoms with Crippen molar-refractivity contribution in [3.05, 3.63) is 22.4 Å². The molecule has 17 heavy (non-hydrogen) atoms. The molecule has 1 N–H and O–H groups in total. The van der Waals surface area contributed by atoms with Crippen LogP contribution in [-0.4, -0.2) is 30.4 Å². The Morgan fingerprint density at radius 1 is 1.59 bits per heavy atom. The lowest BCUT2D eigenvalue weighted by Crippen LogP contribution is -2.32. The van der Waals surface area contributed by atoms with Gasteiger partial charge in [-0.2, -0.15) is 0 Å². The number of rotatable bonds is 7. The Labute approximate surface area is 107 Å². The van der Waals surface area contributed by atoms with Crippen molar-refractivity contribution in [1.29, 1.82) is 0 Å². The van der Waals surface area contributed by atoms with Crippen LogP contribution in [0.25, 0.3) is 0 Å². The highest BCUT2D eigenvalue weighted by Gasteiger charge is 2.32. The first-order valence-electron chi connectivity index (χ1n) is 6.27. The minimum atomic E-state index is 0.316. The monoisotopic (exact) mass is 252 g/mol. The molecule has 1 amide bonds. The van der Waals surface area contributed by atoms with Gasteiger partial charge >= 0.3 is 0 Å². The smallest absolute Gasteiger partial charge is 0.223 e. The first kappa shape index (κ1) is 12.6. The zero-order chi connectivity index (χ0) is 12.1. The molecule has 1 aliphatic rings. The average Bonchev–Trinajstić information content (AvgIpc) is 3.03. The molecule has 1 saturated carbocycles. The third-order valence-corrected chi connectivity index (χ3v) is 3.89. The lowest BCUT2D eigenvalue weighted by molar-refractivity contribution is -0.132. The molecule has 0 bridgehead atoms. The molecule has 1 fully saturated rings. The Balaban J connectivity index is 1.86. The highest BCUT2D eigenvalue weighted by Crippen LogP contribution is 2.29. The van der Waals surface area contributed by atoms with Gasteiger partial charge in [0.05, 0.1) is 6.54 Å². The lowest BCUT2D eigenvalue weighted by Gasteiger charge is -2.21. The zero-order valence-electron chi connectivity index (χ0n) is 10.3. The van der Waals surface area contributed by atoms with E-state index in [4.69, 9.17) is 0 Å². The minimum absolute atomic E-state index is 0.316. The average molecular weight is 252 g/mol. The van der Waals surface area contributed by atoms with Crippen LogP contribution >= 0.6 is 11.3 Å². The molecule has 0 aliphatic heterocycles. The van der Waals surface area contributed by atoms with Gasteiger partial charge in [0.2, 0.25) is 5.91 Å². The first-order chi connectivity index (χ1) is 8.31. The molecule has 0 unspecified atom stereocenters. The predicted molar refractivity (Wildman–Crippen MR) is 71.1 cm³/mol. The van der Waals surface area contributed by atoms with Gasteiger partial charge in [0.25, 0.3) is 0 Å². The van der Waals surface area contributed by atoms with Crippen LogP contribution < -0.4 is 5.32 Å². The number of nitrogens with one attached hydrogen (secondary N) is 1. The quantitative estimate of drug-likeness (QED) is 0.755. The van der Waals surface area contributed by atoms with Crippen molar-refractivity contribution >= 4 is 17.2 Å². The highest BCUT2D eigenvalue weighted by molar-refractivity contribution is 7.09. The van der Waals surface area contributed by atoms with Gasteiger partial charge in [-0.15, -0.1) is 11.3 Å². The van der Waals surface area contributed by atoms with E-state index in [9.17, 15) is 4.79 Å². The number of thiophene rings is 1. The standard InChI is InChI=1S/C13H20N2OS/c1-14-8-2-5-13(16)15(11-6-7-11)10-12-4-3-9-17-12/h3-4,9,11,14H,2,5-8,10H2,1H3. The van der Waals surface area contributed by atoms with Gasteiger partial charge < -0.3 is 10.2 Å². The topological polar surface area (TPSA) is 32.3 Å². The summed E-state index contributed by atoms with van der Waals surface area (Å²) in [5.41, 5.74) is 0. The van der Waals surface area contributed by atoms with Crippen molar-refractivity contribution in [2.75, 3.05) is 13.6 Å². The van der Waals surface area contributed by atoms with Crippen LogP contribution in [0.5, 0.6) is 0 Å². The third kappa shape index (κ3) is 3.82. The molecule has 0 radical (unpaired) electrons. The van der Waals surface area contributed by atoms with Crippen molar-refractivity contribution in [2.45, 2.75) is 38.3 Å². The van der Waals surface area contributed by atoms with E-state index in [1.807, 2.05) is 7.05 Å². The molecule has 2 rings (SSSR count). The second-order valence-corrected chi connectivity index (χ2v) is 5.57. The van der Waals surface area contributed by atoms with E-state index in [0.29, 0.717) is 18.4 Å². The molecule has 4 heteroatoms. The highest BCUT2D eigenvalue weighted by atomic mass is 32.1. The van der Waals surface area contributed by atoms with Gasteiger partial charge in [0, 0.05) is 17.3 Å². The van der Waals surface area contributed by atoms with E-state index >= 15 is 0 Å². The SMILES string of the molecule is CNCCCC(=O)N(Cc1cccs1)C1CC1. The van der Waals surface area contributed by atoms with Gasteiger partial charge in [-0.25, -0.2) is 0 Å². The number of nitrogens with zero attached hydrogens (tertiary/aromatic N) is 1. The van der Waals surface area contributed by atoms with Crippen molar-refractivity contribution in [3.8, 4) is 0 Å². The van der Waals surface area contributed by atoms with E-state index in [2.05, 4.69) is 27.7 Å². The fourth-order valence-corrected chi connectivity index (χ4v) is 2.64. The predicted octanol–water partition coefficient (Wildman–Crippen LogP) is 2.24. The summed E-state index contributed by atoms with van der Waals surface area (Å²) >= 11 is 1.74. The molecular weight excluding hydrogens is 232 g/mol. The van der Waals surface area contributed by atoms with E-state index in [1.165, 1.54) is 17.7 Å². The molecule has 0 aromatic carbocycles. The number of hydrogen-bond acceptors (Lipinski definition) is 3. The van der Waals surface area contributed by atoms with Gasteiger partial charge in [-0.1, -0.05) is 6.07 Å². The summed E-state index contributed by atoms with van der Waals surface area (Å²) in [4.78, 5) is 15.5. The molecule has 1 aromatic rings. The fraction of sp³-hybridized carbons (Fsp3) is 0.615. The zero-order valence-corrected chi connectivity index (χ0v) is 11.1. The molecule has 0 spiro atoms. The number of carbonyl (C=O) groups excluding carboxylic acids is 1. The normalized spacial score (nSPS) is 14.9. The van der Waals surface area contributed by atoms with Crippen molar-refractivity contribution < 1.29 is 4.79 Å². The minimum Gasteiger partial charge on any atom is -0.335 e. The summed E-state index contributed by atoms with van der Waals surface area (Å²) < 4.78 is 0. The molecule has 0 atom stereocenters. The van der Waals surface area contributed by atoms with Crippen LogP contribution in [-0.2, 0) is 11.3 Å². The lowest BCUT2D eigenvalue weighted by atomic mass is 10.2. The van der Waals surface area contributed by atoms with Gasteiger partial charge in [0.1, 0.15) is 0 Å². The largest absolute Gasteiger partial charge is 0.335 e. The molecule has 1 aromatic heterocycles. The van der Waals surface area contributed by atoms with Crippen molar-refractivity contribution in [2.24, 2.45) is 0 Å². The summed E-state index contributed by atoms with van der Waals surface area (Å²) in [7, 11) is 1.93. The van der Waals surface area contributed by atoms with Gasteiger partial charge in [-0.05, 0) is 44.3 Å². The van der Waals surface area contributed by atoms with Crippen LogP contribution in [0.4, 0.5) is 0 Å². The van der Waals surface area contributed by atoms with Crippen molar-refractivity contribution in [3.63, 3.8) is 0 Å². The molecule has 0 saturated heterocycles.